The fourth-order valence-corrected chi connectivity index (χ4v) is 4.11. The Morgan fingerprint density at radius 2 is 2.12 bits per heavy atom. The molecule has 0 aliphatic carbocycles. The number of carbonyl (C=O) groups is 2. The molecule has 0 saturated carbocycles. The fourth-order valence-electron chi connectivity index (χ4n) is 3.39. The van der Waals surface area contributed by atoms with Gasteiger partial charge in [-0.25, -0.2) is 9.78 Å². The second-order valence-corrected chi connectivity index (χ2v) is 7.49. The molecule has 2 aromatic rings. The molecule has 140 valence electrons. The molecular formula is C19H26N4O2S. The van der Waals surface area contributed by atoms with Crippen LogP contribution < -0.4 is 5.32 Å². The first-order valence-electron chi connectivity index (χ1n) is 9.30. The Kier molecular flexibility index (Phi) is 6.08. The third-order valence-electron chi connectivity index (χ3n) is 4.90. The lowest BCUT2D eigenvalue weighted by molar-refractivity contribution is 0.0924. The highest BCUT2D eigenvalue weighted by atomic mass is 32.1. The van der Waals surface area contributed by atoms with Crippen LogP contribution in [0.1, 0.15) is 43.5 Å². The van der Waals surface area contributed by atoms with Crippen LogP contribution in [0.2, 0.25) is 0 Å². The van der Waals surface area contributed by atoms with Gasteiger partial charge in [-0.3, -0.25) is 4.79 Å². The molecule has 1 saturated heterocycles. The number of aromatic nitrogens is 1. The molecule has 3 amide bonds. The van der Waals surface area contributed by atoms with Gasteiger partial charge in [-0.1, -0.05) is 0 Å². The van der Waals surface area contributed by atoms with Crippen LogP contribution in [0, 0.1) is 0 Å². The molecule has 1 fully saturated rings. The topological polar surface area (TPSA) is 65.5 Å². The summed E-state index contributed by atoms with van der Waals surface area (Å²) in [6.45, 7) is 6.73. The average molecular weight is 375 g/mol. The third-order valence-corrected chi connectivity index (χ3v) is 5.70. The molecule has 2 heterocycles. The monoisotopic (exact) mass is 374 g/mol. The molecule has 1 N–H and O–H groups in total. The molecule has 0 bridgehead atoms. The minimum absolute atomic E-state index is 0.0123. The molecule has 1 atom stereocenters. The summed E-state index contributed by atoms with van der Waals surface area (Å²) in [4.78, 5) is 33.3. The first-order chi connectivity index (χ1) is 12.6. The van der Waals surface area contributed by atoms with E-state index in [1.54, 1.807) is 5.51 Å². The summed E-state index contributed by atoms with van der Waals surface area (Å²) in [5.41, 5.74) is 3.35. The van der Waals surface area contributed by atoms with Crippen LogP contribution in [-0.2, 0) is 0 Å². The maximum Gasteiger partial charge on any atom is 0.320 e. The first kappa shape index (κ1) is 18.6. The number of benzene rings is 1. The Morgan fingerprint density at radius 3 is 2.88 bits per heavy atom. The summed E-state index contributed by atoms with van der Waals surface area (Å²) in [6, 6.07) is 5.64. The molecule has 6 nitrogen and oxygen atoms in total. The highest BCUT2D eigenvalue weighted by molar-refractivity contribution is 7.16. The number of fused-ring (bicyclic) bond motifs is 1. The van der Waals surface area contributed by atoms with Crippen molar-refractivity contribution >= 4 is 33.5 Å². The largest absolute Gasteiger partial charge is 0.348 e. The zero-order valence-electron chi connectivity index (χ0n) is 15.4. The number of rotatable bonds is 4. The Balaban J connectivity index is 1.67. The normalized spacial score (nSPS) is 17.8. The molecule has 0 radical (unpaired) electrons. The van der Waals surface area contributed by atoms with Gasteiger partial charge in [-0.2, -0.15) is 0 Å². The number of carbonyl (C=O) groups excluding carboxylic acids is 2. The highest BCUT2D eigenvalue weighted by Crippen LogP contribution is 2.20. The van der Waals surface area contributed by atoms with Crippen molar-refractivity contribution in [1.29, 1.82) is 0 Å². The van der Waals surface area contributed by atoms with Crippen molar-refractivity contribution < 1.29 is 9.59 Å². The molecule has 1 aliphatic heterocycles. The minimum atomic E-state index is -0.0811. The summed E-state index contributed by atoms with van der Waals surface area (Å²) in [5.74, 6) is -0.0811. The Morgan fingerprint density at radius 1 is 1.31 bits per heavy atom. The van der Waals surface area contributed by atoms with Crippen molar-refractivity contribution in [2.24, 2.45) is 0 Å². The van der Waals surface area contributed by atoms with Gasteiger partial charge in [0, 0.05) is 37.8 Å². The van der Waals surface area contributed by atoms with E-state index >= 15 is 0 Å². The zero-order chi connectivity index (χ0) is 18.5. The van der Waals surface area contributed by atoms with Gasteiger partial charge in [0.15, 0.2) is 0 Å². The maximum absolute atomic E-state index is 12.7. The SMILES string of the molecule is CCN(CC)C(=O)N1CCCCC(NC(=O)c2ccc3ncsc3c2)C1. The van der Waals surface area contributed by atoms with Crippen molar-refractivity contribution in [3.8, 4) is 0 Å². The number of likely N-dealkylation sites (tertiary alicyclic amines) is 1. The number of urea groups is 1. The van der Waals surface area contributed by atoms with Crippen molar-refractivity contribution in [2.45, 2.75) is 39.2 Å². The zero-order valence-corrected chi connectivity index (χ0v) is 16.2. The lowest BCUT2D eigenvalue weighted by Gasteiger charge is -2.30. The van der Waals surface area contributed by atoms with E-state index in [0.29, 0.717) is 25.2 Å². The van der Waals surface area contributed by atoms with E-state index in [9.17, 15) is 9.59 Å². The fraction of sp³-hybridized carbons (Fsp3) is 0.526. The summed E-state index contributed by atoms with van der Waals surface area (Å²) in [7, 11) is 0. The van der Waals surface area contributed by atoms with Gasteiger partial charge in [-0.15, -0.1) is 11.3 Å². The van der Waals surface area contributed by atoms with E-state index in [1.165, 1.54) is 11.3 Å². The maximum atomic E-state index is 12.7. The summed E-state index contributed by atoms with van der Waals surface area (Å²) < 4.78 is 1.01. The van der Waals surface area contributed by atoms with Crippen molar-refractivity contribution in [2.75, 3.05) is 26.2 Å². The van der Waals surface area contributed by atoms with Crippen molar-refractivity contribution in [3.63, 3.8) is 0 Å². The van der Waals surface area contributed by atoms with Gasteiger partial charge >= 0.3 is 6.03 Å². The predicted molar refractivity (Wildman–Crippen MR) is 105 cm³/mol. The summed E-state index contributed by atoms with van der Waals surface area (Å²) in [6.07, 6.45) is 2.89. The van der Waals surface area contributed by atoms with E-state index in [1.807, 2.05) is 41.8 Å². The summed E-state index contributed by atoms with van der Waals surface area (Å²) >= 11 is 1.53. The molecule has 0 spiro atoms. The lowest BCUT2D eigenvalue weighted by Crippen LogP contribution is -2.49. The van der Waals surface area contributed by atoms with Crippen LogP contribution in [0.3, 0.4) is 0 Å². The second-order valence-electron chi connectivity index (χ2n) is 6.60. The number of nitrogens with one attached hydrogen (secondary N) is 1. The van der Waals surface area contributed by atoms with E-state index in [0.717, 1.165) is 36.0 Å². The Bertz CT molecular complexity index is 772. The number of amides is 3. The predicted octanol–water partition coefficient (Wildman–Crippen LogP) is 3.34. The van der Waals surface area contributed by atoms with Gasteiger partial charge in [0.1, 0.15) is 0 Å². The van der Waals surface area contributed by atoms with Crippen molar-refractivity contribution in [1.82, 2.24) is 20.1 Å². The van der Waals surface area contributed by atoms with Crippen LogP contribution in [-0.4, -0.2) is 58.9 Å². The molecule has 1 unspecified atom stereocenters. The molecular weight excluding hydrogens is 348 g/mol. The van der Waals surface area contributed by atoms with Crippen LogP contribution in [0.15, 0.2) is 23.7 Å². The number of nitrogens with zero attached hydrogens (tertiary/aromatic N) is 3. The standard InChI is InChI=1S/C19H26N4O2S/c1-3-22(4-2)19(25)23-10-6-5-7-15(12-23)21-18(24)14-8-9-16-17(11-14)26-13-20-16/h8-9,11,13,15H,3-7,10,12H2,1-2H3,(H,21,24). The molecule has 7 heteroatoms. The summed E-state index contributed by atoms with van der Waals surface area (Å²) in [5, 5.41) is 3.12. The molecule has 1 aliphatic rings. The van der Waals surface area contributed by atoms with Crippen LogP contribution in [0.25, 0.3) is 10.2 Å². The van der Waals surface area contributed by atoms with Crippen LogP contribution in [0.5, 0.6) is 0 Å². The number of hydrogen-bond donors (Lipinski definition) is 1. The molecule has 1 aromatic heterocycles. The van der Waals surface area contributed by atoms with Gasteiger partial charge < -0.3 is 15.1 Å². The Hall–Kier alpha value is -2.15. The number of hydrogen-bond acceptors (Lipinski definition) is 4. The van der Waals surface area contributed by atoms with E-state index < -0.39 is 0 Å². The lowest BCUT2D eigenvalue weighted by atomic mass is 10.1. The minimum Gasteiger partial charge on any atom is -0.348 e. The van der Waals surface area contributed by atoms with Gasteiger partial charge in [0.25, 0.3) is 5.91 Å². The average Bonchev–Trinajstić information content (AvgIpc) is 3.00. The van der Waals surface area contributed by atoms with Gasteiger partial charge in [-0.05, 0) is 51.3 Å². The Labute approximate surface area is 158 Å². The van der Waals surface area contributed by atoms with Crippen LogP contribution >= 0.6 is 11.3 Å². The van der Waals surface area contributed by atoms with Gasteiger partial charge in [0.2, 0.25) is 0 Å². The third kappa shape index (κ3) is 4.15. The van der Waals surface area contributed by atoms with E-state index in [2.05, 4.69) is 10.3 Å². The van der Waals surface area contributed by atoms with E-state index in [4.69, 9.17) is 0 Å². The van der Waals surface area contributed by atoms with Gasteiger partial charge in [0.05, 0.1) is 15.7 Å². The second kappa shape index (κ2) is 8.49. The molecule has 1 aromatic carbocycles. The molecule has 26 heavy (non-hydrogen) atoms. The smallest absolute Gasteiger partial charge is 0.320 e. The molecule has 3 rings (SSSR count). The van der Waals surface area contributed by atoms with Crippen LogP contribution in [0.4, 0.5) is 4.79 Å². The van der Waals surface area contributed by atoms with Crippen molar-refractivity contribution in [3.05, 3.63) is 29.3 Å². The van der Waals surface area contributed by atoms with E-state index in [-0.39, 0.29) is 18.0 Å². The highest BCUT2D eigenvalue weighted by Gasteiger charge is 2.25. The quantitative estimate of drug-likeness (QED) is 0.893. The first-order valence-corrected chi connectivity index (χ1v) is 10.2. The number of thiazole rings is 1.